The summed E-state index contributed by atoms with van der Waals surface area (Å²) >= 11 is 0. The molecular formula is C18H19N3. The van der Waals surface area contributed by atoms with Crippen molar-refractivity contribution in [1.82, 2.24) is 9.78 Å². The molecule has 106 valence electrons. The zero-order chi connectivity index (χ0) is 15.0. The Hall–Kier alpha value is -2.55. The predicted molar refractivity (Wildman–Crippen MR) is 87.6 cm³/mol. The fraction of sp³-hybridized carbons (Fsp3) is 0.167. The van der Waals surface area contributed by atoms with Gasteiger partial charge in [0.1, 0.15) is 0 Å². The Morgan fingerprint density at radius 3 is 2.33 bits per heavy atom. The number of aromatic nitrogens is 2. The number of nitrogen functional groups attached to an aromatic ring is 1. The summed E-state index contributed by atoms with van der Waals surface area (Å²) in [5.74, 6) is 0. The molecule has 0 aliphatic rings. The Bertz CT molecular complexity index is 786. The van der Waals surface area contributed by atoms with Gasteiger partial charge in [0.15, 0.2) is 0 Å². The molecule has 2 aromatic carbocycles. The topological polar surface area (TPSA) is 43.8 Å². The van der Waals surface area contributed by atoms with Gasteiger partial charge in [-0.05, 0) is 56.2 Å². The lowest BCUT2D eigenvalue weighted by Crippen LogP contribution is -1.98. The van der Waals surface area contributed by atoms with Crippen molar-refractivity contribution in [3.8, 4) is 16.8 Å². The Labute approximate surface area is 125 Å². The van der Waals surface area contributed by atoms with Crippen LogP contribution in [0.3, 0.4) is 0 Å². The first kappa shape index (κ1) is 13.4. The average molecular weight is 277 g/mol. The summed E-state index contributed by atoms with van der Waals surface area (Å²) in [6.07, 6.45) is 0. The third-order valence-electron chi connectivity index (χ3n) is 3.81. The van der Waals surface area contributed by atoms with Crippen LogP contribution in [0.1, 0.15) is 17.0 Å². The highest BCUT2D eigenvalue weighted by Gasteiger charge is 2.15. The summed E-state index contributed by atoms with van der Waals surface area (Å²) < 4.78 is 2.00. The van der Waals surface area contributed by atoms with Gasteiger partial charge in [0, 0.05) is 16.9 Å². The summed E-state index contributed by atoms with van der Waals surface area (Å²) in [5, 5.41) is 4.71. The maximum absolute atomic E-state index is 5.86. The molecule has 0 atom stereocenters. The average Bonchev–Trinajstić information content (AvgIpc) is 2.76. The van der Waals surface area contributed by atoms with Gasteiger partial charge in [-0.15, -0.1) is 0 Å². The highest BCUT2D eigenvalue weighted by atomic mass is 15.3. The molecule has 0 saturated heterocycles. The van der Waals surface area contributed by atoms with Crippen molar-refractivity contribution >= 4 is 5.69 Å². The lowest BCUT2D eigenvalue weighted by Gasteiger charge is -2.08. The van der Waals surface area contributed by atoms with Gasteiger partial charge in [-0.2, -0.15) is 5.10 Å². The normalized spacial score (nSPS) is 10.8. The van der Waals surface area contributed by atoms with E-state index in [0.717, 1.165) is 22.8 Å². The van der Waals surface area contributed by atoms with E-state index in [1.807, 2.05) is 35.0 Å². The first-order valence-corrected chi connectivity index (χ1v) is 7.06. The minimum atomic E-state index is 0.794. The largest absolute Gasteiger partial charge is 0.399 e. The first-order valence-electron chi connectivity index (χ1n) is 7.06. The minimum absolute atomic E-state index is 0.794. The second-order valence-electron chi connectivity index (χ2n) is 5.37. The van der Waals surface area contributed by atoms with Crippen LogP contribution in [-0.4, -0.2) is 9.78 Å². The molecule has 0 bridgehead atoms. The van der Waals surface area contributed by atoms with Crippen LogP contribution in [-0.2, 0) is 0 Å². The molecule has 2 N–H and O–H groups in total. The van der Waals surface area contributed by atoms with E-state index in [1.54, 1.807) is 0 Å². The van der Waals surface area contributed by atoms with Gasteiger partial charge in [0.2, 0.25) is 0 Å². The molecule has 3 nitrogen and oxygen atoms in total. The molecule has 1 aromatic heterocycles. The van der Waals surface area contributed by atoms with Gasteiger partial charge >= 0.3 is 0 Å². The van der Waals surface area contributed by atoms with Crippen molar-refractivity contribution in [3.05, 3.63) is 65.5 Å². The minimum Gasteiger partial charge on any atom is -0.399 e. The van der Waals surface area contributed by atoms with E-state index in [-0.39, 0.29) is 0 Å². The number of rotatable bonds is 2. The van der Waals surface area contributed by atoms with Crippen molar-refractivity contribution in [2.45, 2.75) is 20.8 Å². The number of para-hydroxylation sites is 1. The summed E-state index contributed by atoms with van der Waals surface area (Å²) in [6, 6.07) is 16.2. The number of hydrogen-bond donors (Lipinski definition) is 1. The molecule has 3 heteroatoms. The van der Waals surface area contributed by atoms with E-state index < -0.39 is 0 Å². The fourth-order valence-electron chi connectivity index (χ4n) is 2.82. The smallest absolute Gasteiger partial charge is 0.0679 e. The van der Waals surface area contributed by atoms with Crippen molar-refractivity contribution in [3.63, 3.8) is 0 Å². The molecule has 3 rings (SSSR count). The van der Waals surface area contributed by atoms with Gasteiger partial charge in [0.05, 0.1) is 11.4 Å². The quantitative estimate of drug-likeness (QED) is 0.718. The van der Waals surface area contributed by atoms with Gasteiger partial charge in [-0.3, -0.25) is 0 Å². The molecule has 0 aliphatic carbocycles. The SMILES string of the molecule is Cc1cc(N)ccc1-c1c(C)nn(-c2ccccc2)c1C. The molecule has 0 saturated carbocycles. The van der Waals surface area contributed by atoms with Crippen LogP contribution in [0.25, 0.3) is 16.8 Å². The number of benzene rings is 2. The number of nitrogens with two attached hydrogens (primary N) is 1. The molecule has 0 unspecified atom stereocenters. The Morgan fingerprint density at radius 1 is 0.952 bits per heavy atom. The highest BCUT2D eigenvalue weighted by Crippen LogP contribution is 2.31. The molecule has 0 spiro atoms. The number of aryl methyl sites for hydroxylation is 2. The maximum atomic E-state index is 5.86. The monoisotopic (exact) mass is 277 g/mol. The molecule has 0 radical (unpaired) electrons. The second kappa shape index (κ2) is 5.09. The molecule has 0 fully saturated rings. The number of hydrogen-bond acceptors (Lipinski definition) is 2. The second-order valence-corrected chi connectivity index (χ2v) is 5.37. The highest BCUT2D eigenvalue weighted by molar-refractivity contribution is 5.74. The van der Waals surface area contributed by atoms with Crippen molar-refractivity contribution in [2.75, 3.05) is 5.73 Å². The summed E-state index contributed by atoms with van der Waals surface area (Å²) in [5.41, 5.74) is 13.5. The molecule has 0 amide bonds. The van der Waals surface area contributed by atoms with Gasteiger partial charge in [-0.1, -0.05) is 24.3 Å². The van der Waals surface area contributed by atoms with Crippen LogP contribution >= 0.6 is 0 Å². The zero-order valence-corrected chi connectivity index (χ0v) is 12.6. The fourth-order valence-corrected chi connectivity index (χ4v) is 2.82. The van der Waals surface area contributed by atoms with Gasteiger partial charge in [0.25, 0.3) is 0 Å². The summed E-state index contributed by atoms with van der Waals surface area (Å²) in [7, 11) is 0. The summed E-state index contributed by atoms with van der Waals surface area (Å²) in [4.78, 5) is 0. The van der Waals surface area contributed by atoms with Crippen LogP contribution in [0.15, 0.2) is 48.5 Å². The molecule has 1 heterocycles. The maximum Gasteiger partial charge on any atom is 0.0679 e. The van der Waals surface area contributed by atoms with Gasteiger partial charge in [-0.25, -0.2) is 4.68 Å². The standard InChI is InChI=1S/C18H19N3/c1-12-11-15(19)9-10-17(12)18-13(2)20-21(14(18)3)16-7-5-4-6-8-16/h4-11H,19H2,1-3H3. The van der Waals surface area contributed by atoms with Crippen molar-refractivity contribution in [2.24, 2.45) is 0 Å². The molecule has 3 aromatic rings. The van der Waals surface area contributed by atoms with Crippen LogP contribution < -0.4 is 5.73 Å². The van der Waals surface area contributed by atoms with Crippen LogP contribution in [0.2, 0.25) is 0 Å². The predicted octanol–water partition coefficient (Wildman–Crippen LogP) is 4.05. The van der Waals surface area contributed by atoms with Crippen molar-refractivity contribution in [1.29, 1.82) is 0 Å². The van der Waals surface area contributed by atoms with E-state index in [0.29, 0.717) is 0 Å². The lowest BCUT2D eigenvalue weighted by atomic mass is 9.98. The van der Waals surface area contributed by atoms with Crippen LogP contribution in [0.4, 0.5) is 5.69 Å². The zero-order valence-electron chi connectivity index (χ0n) is 12.6. The third-order valence-corrected chi connectivity index (χ3v) is 3.81. The van der Waals surface area contributed by atoms with E-state index in [4.69, 9.17) is 10.8 Å². The van der Waals surface area contributed by atoms with E-state index in [9.17, 15) is 0 Å². The lowest BCUT2D eigenvalue weighted by molar-refractivity contribution is 0.834. The molecule has 0 aliphatic heterocycles. The third kappa shape index (κ3) is 2.31. The van der Waals surface area contributed by atoms with Gasteiger partial charge < -0.3 is 5.73 Å². The number of nitrogens with zero attached hydrogens (tertiary/aromatic N) is 2. The Balaban J connectivity index is 2.19. The van der Waals surface area contributed by atoms with E-state index >= 15 is 0 Å². The van der Waals surface area contributed by atoms with Crippen LogP contribution in [0.5, 0.6) is 0 Å². The molecular weight excluding hydrogens is 258 g/mol. The Morgan fingerprint density at radius 2 is 1.67 bits per heavy atom. The summed E-state index contributed by atoms with van der Waals surface area (Å²) in [6.45, 7) is 6.25. The van der Waals surface area contributed by atoms with Crippen molar-refractivity contribution < 1.29 is 0 Å². The van der Waals surface area contributed by atoms with E-state index in [2.05, 4.69) is 39.0 Å². The Kier molecular flexibility index (Phi) is 3.26. The number of anilines is 1. The van der Waals surface area contributed by atoms with E-state index in [1.165, 1.54) is 16.7 Å². The first-order chi connectivity index (χ1) is 10.1. The molecule has 21 heavy (non-hydrogen) atoms. The van der Waals surface area contributed by atoms with Crippen LogP contribution in [0, 0.1) is 20.8 Å².